The highest BCUT2D eigenvalue weighted by Gasteiger charge is 2.49. The molecule has 0 aliphatic carbocycles. The normalized spacial score (nSPS) is 20.9. The molecule has 0 saturated heterocycles. The number of carbonyl (C=O) groups excluding carboxylic acids is 2. The van der Waals surface area contributed by atoms with E-state index in [4.69, 9.17) is 16.3 Å². The smallest absolute Gasteiger partial charge is 0.309 e. The van der Waals surface area contributed by atoms with Crippen molar-refractivity contribution in [3.05, 3.63) is 28.3 Å². The summed E-state index contributed by atoms with van der Waals surface area (Å²) in [5.41, 5.74) is -0.492. The van der Waals surface area contributed by atoms with Crippen LogP contribution in [-0.2, 0) is 19.9 Å². The minimum Gasteiger partial charge on any atom is -0.466 e. The van der Waals surface area contributed by atoms with Crippen LogP contribution in [0.25, 0.3) is 0 Å². The van der Waals surface area contributed by atoms with Crippen LogP contribution < -0.4 is 5.32 Å². The Morgan fingerprint density at radius 2 is 2.21 bits per heavy atom. The van der Waals surface area contributed by atoms with Gasteiger partial charge in [-0.3, -0.25) is 9.59 Å². The minimum atomic E-state index is -1.97. The molecule has 0 spiro atoms. The third-order valence-electron chi connectivity index (χ3n) is 3.10. The maximum atomic E-state index is 12.0. The molecule has 5 nitrogen and oxygen atoms in total. The fourth-order valence-corrected chi connectivity index (χ4v) is 2.48. The Morgan fingerprint density at radius 3 is 2.84 bits per heavy atom. The molecule has 19 heavy (non-hydrogen) atoms. The third kappa shape index (κ3) is 2.19. The number of aryl methyl sites for hydroxylation is 1. The van der Waals surface area contributed by atoms with Crippen molar-refractivity contribution < 1.29 is 19.4 Å². The van der Waals surface area contributed by atoms with Gasteiger partial charge >= 0.3 is 5.97 Å². The van der Waals surface area contributed by atoms with Gasteiger partial charge in [-0.1, -0.05) is 17.7 Å². The molecule has 102 valence electrons. The Balaban J connectivity index is 2.46. The summed E-state index contributed by atoms with van der Waals surface area (Å²) < 4.78 is 4.78. The second-order valence-electron chi connectivity index (χ2n) is 4.41. The topological polar surface area (TPSA) is 75.6 Å². The fraction of sp³-hybridized carbons (Fsp3) is 0.385. The lowest BCUT2D eigenvalue weighted by atomic mass is 9.91. The molecule has 1 aliphatic heterocycles. The van der Waals surface area contributed by atoms with E-state index in [0.29, 0.717) is 5.69 Å². The predicted octanol–water partition coefficient (Wildman–Crippen LogP) is 1.74. The van der Waals surface area contributed by atoms with Crippen LogP contribution in [0.4, 0.5) is 5.69 Å². The van der Waals surface area contributed by atoms with Crippen molar-refractivity contribution in [1.82, 2.24) is 0 Å². The number of anilines is 1. The Kier molecular flexibility index (Phi) is 3.52. The number of fused-ring (bicyclic) bond motifs is 1. The standard InChI is InChI=1S/C13H14ClNO4/c1-3-19-9(16)6-13(18)10-8(14)5-4-7(2)11(10)15-12(13)17/h4-5,18H,3,6H2,1-2H3,(H,15,17). The first-order chi connectivity index (χ1) is 8.90. The minimum absolute atomic E-state index is 0.185. The number of rotatable bonds is 3. The predicted molar refractivity (Wildman–Crippen MR) is 70.0 cm³/mol. The van der Waals surface area contributed by atoms with Gasteiger partial charge in [0.2, 0.25) is 0 Å². The molecule has 1 aromatic rings. The highest BCUT2D eigenvalue weighted by atomic mass is 35.5. The molecule has 1 unspecified atom stereocenters. The second kappa shape index (κ2) is 4.83. The van der Waals surface area contributed by atoms with Crippen LogP contribution >= 0.6 is 11.6 Å². The van der Waals surface area contributed by atoms with Crippen LogP contribution in [-0.4, -0.2) is 23.6 Å². The van der Waals surface area contributed by atoms with E-state index in [0.717, 1.165) is 5.56 Å². The van der Waals surface area contributed by atoms with Gasteiger partial charge in [0.1, 0.15) is 0 Å². The van der Waals surface area contributed by atoms with Crippen LogP contribution in [0.15, 0.2) is 12.1 Å². The summed E-state index contributed by atoms with van der Waals surface area (Å²) in [4.78, 5) is 23.5. The number of amides is 1. The zero-order valence-corrected chi connectivity index (χ0v) is 11.4. The molecule has 1 amide bonds. The van der Waals surface area contributed by atoms with Crippen molar-refractivity contribution in [2.45, 2.75) is 25.9 Å². The van der Waals surface area contributed by atoms with E-state index in [1.807, 2.05) is 0 Å². The van der Waals surface area contributed by atoms with Crippen molar-refractivity contribution in [1.29, 1.82) is 0 Å². The number of carbonyl (C=O) groups is 2. The van der Waals surface area contributed by atoms with Crippen molar-refractivity contribution in [2.75, 3.05) is 11.9 Å². The molecular weight excluding hydrogens is 270 g/mol. The van der Waals surface area contributed by atoms with E-state index < -0.39 is 23.9 Å². The molecule has 0 radical (unpaired) electrons. The molecule has 1 aliphatic rings. The molecule has 0 aromatic heterocycles. The van der Waals surface area contributed by atoms with Crippen LogP contribution in [0.5, 0.6) is 0 Å². The van der Waals surface area contributed by atoms with Gasteiger partial charge in [0.05, 0.1) is 18.7 Å². The van der Waals surface area contributed by atoms with Crippen LogP contribution in [0.2, 0.25) is 5.02 Å². The summed E-state index contributed by atoms with van der Waals surface area (Å²) in [5, 5.41) is 13.3. The van der Waals surface area contributed by atoms with Crippen LogP contribution in [0.3, 0.4) is 0 Å². The largest absolute Gasteiger partial charge is 0.466 e. The average Bonchev–Trinajstić information content (AvgIpc) is 2.58. The molecule has 1 aromatic carbocycles. The molecule has 1 heterocycles. The zero-order chi connectivity index (χ0) is 14.2. The molecule has 0 fully saturated rings. The Bertz CT molecular complexity index is 558. The van der Waals surface area contributed by atoms with Gasteiger partial charge in [0.15, 0.2) is 5.60 Å². The highest BCUT2D eigenvalue weighted by Crippen LogP contribution is 2.44. The molecule has 0 bridgehead atoms. The van der Waals surface area contributed by atoms with Crippen molar-refractivity contribution in [3.8, 4) is 0 Å². The SMILES string of the molecule is CCOC(=O)CC1(O)C(=O)Nc2c(C)ccc(Cl)c21. The molecule has 6 heteroatoms. The lowest BCUT2D eigenvalue weighted by Crippen LogP contribution is -2.37. The highest BCUT2D eigenvalue weighted by molar-refractivity contribution is 6.33. The molecule has 1 atom stereocenters. The lowest BCUT2D eigenvalue weighted by molar-refractivity contribution is -0.154. The number of hydrogen-bond donors (Lipinski definition) is 2. The Morgan fingerprint density at radius 1 is 1.53 bits per heavy atom. The van der Waals surface area contributed by atoms with Crippen LogP contribution in [0.1, 0.15) is 24.5 Å². The van der Waals surface area contributed by atoms with Gasteiger partial charge < -0.3 is 15.2 Å². The number of benzene rings is 1. The van der Waals surface area contributed by atoms with Gasteiger partial charge in [-0.05, 0) is 25.5 Å². The van der Waals surface area contributed by atoms with Gasteiger partial charge in [0, 0.05) is 10.6 Å². The fourth-order valence-electron chi connectivity index (χ4n) is 2.17. The number of halogens is 1. The summed E-state index contributed by atoms with van der Waals surface area (Å²) in [5.74, 6) is -1.31. The number of hydrogen-bond acceptors (Lipinski definition) is 4. The molecule has 2 N–H and O–H groups in total. The van der Waals surface area contributed by atoms with Crippen molar-refractivity contribution in [2.24, 2.45) is 0 Å². The maximum absolute atomic E-state index is 12.0. The van der Waals surface area contributed by atoms with Crippen LogP contribution in [0, 0.1) is 6.92 Å². The molecular formula is C13H14ClNO4. The first-order valence-electron chi connectivity index (χ1n) is 5.89. The van der Waals surface area contributed by atoms with E-state index in [-0.39, 0.29) is 17.2 Å². The molecule has 0 saturated carbocycles. The number of esters is 1. The van der Waals surface area contributed by atoms with E-state index in [2.05, 4.69) is 5.32 Å². The Hall–Kier alpha value is -1.59. The Labute approximate surface area is 115 Å². The summed E-state index contributed by atoms with van der Waals surface area (Å²) in [6.45, 7) is 3.62. The van der Waals surface area contributed by atoms with Gasteiger partial charge in [-0.25, -0.2) is 0 Å². The van der Waals surface area contributed by atoms with Gasteiger partial charge in [0.25, 0.3) is 5.91 Å². The van der Waals surface area contributed by atoms with E-state index in [9.17, 15) is 14.7 Å². The quantitative estimate of drug-likeness (QED) is 0.829. The number of ether oxygens (including phenoxy) is 1. The average molecular weight is 284 g/mol. The summed E-state index contributed by atoms with van der Waals surface area (Å²) in [6, 6.07) is 3.32. The van der Waals surface area contributed by atoms with E-state index in [1.54, 1.807) is 26.0 Å². The summed E-state index contributed by atoms with van der Waals surface area (Å²) >= 11 is 6.05. The molecule has 2 rings (SSSR count). The lowest BCUT2D eigenvalue weighted by Gasteiger charge is -2.20. The van der Waals surface area contributed by atoms with E-state index in [1.165, 1.54) is 0 Å². The van der Waals surface area contributed by atoms with Crippen molar-refractivity contribution in [3.63, 3.8) is 0 Å². The third-order valence-corrected chi connectivity index (χ3v) is 3.41. The zero-order valence-electron chi connectivity index (χ0n) is 10.6. The van der Waals surface area contributed by atoms with Crippen molar-refractivity contribution >= 4 is 29.2 Å². The first kappa shape index (κ1) is 13.8. The number of nitrogens with one attached hydrogen (secondary N) is 1. The van der Waals surface area contributed by atoms with E-state index >= 15 is 0 Å². The summed E-state index contributed by atoms with van der Waals surface area (Å²) in [7, 11) is 0. The first-order valence-corrected chi connectivity index (χ1v) is 6.27. The van der Waals surface area contributed by atoms with Gasteiger partial charge in [-0.15, -0.1) is 0 Å². The summed E-state index contributed by atoms with van der Waals surface area (Å²) in [6.07, 6.45) is -0.456. The monoisotopic (exact) mass is 283 g/mol. The van der Waals surface area contributed by atoms with Gasteiger partial charge in [-0.2, -0.15) is 0 Å². The second-order valence-corrected chi connectivity index (χ2v) is 4.82. The number of aliphatic hydroxyl groups is 1. The maximum Gasteiger partial charge on any atom is 0.309 e.